The van der Waals surface area contributed by atoms with Crippen molar-refractivity contribution in [1.29, 1.82) is 0 Å². The van der Waals surface area contributed by atoms with Crippen molar-refractivity contribution >= 4 is 29.2 Å². The van der Waals surface area contributed by atoms with Gasteiger partial charge < -0.3 is 24.8 Å². The summed E-state index contributed by atoms with van der Waals surface area (Å²) in [6.07, 6.45) is 0. The zero-order valence-corrected chi connectivity index (χ0v) is 9.40. The van der Waals surface area contributed by atoms with Crippen LogP contribution in [0.2, 0.25) is 0 Å². The number of hydrazine groups is 2. The second-order valence-corrected chi connectivity index (χ2v) is 2.08. The van der Waals surface area contributed by atoms with E-state index >= 15 is 0 Å². The molecule has 2 N–H and O–H groups in total. The Balaban J connectivity index is 0. The number of hydrogen-bond acceptors (Lipinski definition) is 4. The third-order valence-electron chi connectivity index (χ3n) is 0.630. The van der Waals surface area contributed by atoms with Gasteiger partial charge in [0.25, 0.3) is 0 Å². The van der Waals surface area contributed by atoms with Gasteiger partial charge in [-0.2, -0.15) is 0 Å². The summed E-state index contributed by atoms with van der Waals surface area (Å²) in [5.74, 6) is 0. The normalized spacial score (nSPS) is 7.78. The molecule has 0 aromatic rings. The fourth-order valence-corrected chi connectivity index (χ4v) is 0.660. The van der Waals surface area contributed by atoms with Gasteiger partial charge in [0.15, 0.2) is 0 Å². The molecule has 0 spiro atoms. The summed E-state index contributed by atoms with van der Waals surface area (Å²) in [5, 5.41) is 1.46. The van der Waals surface area contributed by atoms with Gasteiger partial charge in [-0.25, -0.2) is 10.9 Å². The van der Waals surface area contributed by atoms with Gasteiger partial charge in [0.1, 0.15) is 0 Å². The Morgan fingerprint density at radius 1 is 1.44 bits per heavy atom. The third kappa shape index (κ3) is 5.47. The van der Waals surface area contributed by atoms with Crippen LogP contribution in [-0.2, 0) is 12.6 Å². The first-order chi connectivity index (χ1) is 3.72. The van der Waals surface area contributed by atoms with E-state index in [1.54, 1.807) is 14.1 Å². The topological polar surface area (TPSA) is 27.3 Å². The summed E-state index contributed by atoms with van der Waals surface area (Å²) in [4.78, 5) is 0. The van der Waals surface area contributed by atoms with E-state index in [9.17, 15) is 0 Å². The summed E-state index contributed by atoms with van der Waals surface area (Å²) >= 11 is 9.26. The van der Waals surface area contributed by atoms with E-state index < -0.39 is 0 Å². The fraction of sp³-hybridized carbons (Fsp3) is 0.667. The molecule has 0 saturated carbocycles. The van der Waals surface area contributed by atoms with E-state index in [-0.39, 0.29) is 29.6 Å². The van der Waals surface area contributed by atoms with Crippen molar-refractivity contribution in [3.63, 3.8) is 0 Å². The van der Waals surface area contributed by atoms with Crippen LogP contribution >= 0.6 is 12.2 Å². The van der Waals surface area contributed by atoms with Crippen molar-refractivity contribution < 1.29 is 29.6 Å². The predicted octanol–water partition coefficient (Wildman–Crippen LogP) is -3.61. The number of nitrogens with zero attached hydrogens (tertiary/aromatic N) is 1. The molecule has 6 heteroatoms. The summed E-state index contributed by atoms with van der Waals surface area (Å²) in [6.45, 7) is 0. The standard InChI is InChI=1S/C3H9N3S2.Na/c1-4-6(5-2)3(7)8;/h4-5H,1-2H3,(H,7,8);/q;+1/p-1. The summed E-state index contributed by atoms with van der Waals surface area (Å²) < 4.78 is 0.356. The van der Waals surface area contributed by atoms with Crippen LogP contribution in [0.15, 0.2) is 0 Å². The summed E-state index contributed by atoms with van der Waals surface area (Å²) in [5.41, 5.74) is 5.46. The van der Waals surface area contributed by atoms with E-state index in [0.29, 0.717) is 4.32 Å². The van der Waals surface area contributed by atoms with E-state index in [4.69, 9.17) is 0 Å². The molecule has 0 unspecified atom stereocenters. The van der Waals surface area contributed by atoms with Gasteiger partial charge in [0, 0.05) is 14.1 Å². The Hall–Kier alpha value is 1.03. The molecule has 0 bridgehead atoms. The van der Waals surface area contributed by atoms with E-state index in [1.807, 2.05) is 0 Å². The Kier molecular flexibility index (Phi) is 10.1. The maximum atomic E-state index is 4.63. The van der Waals surface area contributed by atoms with E-state index in [1.165, 1.54) is 5.12 Å². The average Bonchev–Trinajstić information content (AvgIpc) is 1.69. The predicted molar refractivity (Wildman–Crippen MR) is 39.9 cm³/mol. The molecule has 0 aromatic carbocycles. The Bertz CT molecular complexity index is 85.1. The molecule has 0 aromatic heterocycles. The first-order valence-corrected chi connectivity index (χ1v) is 2.90. The number of hydrogen-bond donors (Lipinski definition) is 2. The average molecular weight is 173 g/mol. The molecule has 48 valence electrons. The van der Waals surface area contributed by atoms with Gasteiger partial charge in [-0.3, -0.25) is 5.12 Å². The molecule has 0 aliphatic carbocycles. The van der Waals surface area contributed by atoms with Gasteiger partial charge in [-0.15, -0.1) is 0 Å². The maximum Gasteiger partial charge on any atom is 1.00 e. The van der Waals surface area contributed by atoms with E-state index in [0.717, 1.165) is 0 Å². The molecule has 0 saturated heterocycles. The molecule has 0 amide bonds. The minimum atomic E-state index is 0. The quantitative estimate of drug-likeness (QED) is 0.195. The van der Waals surface area contributed by atoms with Gasteiger partial charge in [0.2, 0.25) is 0 Å². The number of thiocarbonyl (C=S) groups is 1. The molecule has 3 nitrogen and oxygen atoms in total. The Labute approximate surface area is 88.2 Å². The maximum absolute atomic E-state index is 4.63. The second-order valence-electron chi connectivity index (χ2n) is 1.05. The van der Waals surface area contributed by atoms with Crippen LogP contribution in [0.25, 0.3) is 0 Å². The van der Waals surface area contributed by atoms with Gasteiger partial charge in [-0.05, 0) is 4.32 Å². The number of rotatable bonds is 2. The molecule has 0 aliphatic heterocycles. The monoisotopic (exact) mass is 173 g/mol. The minimum Gasteiger partial charge on any atom is -0.408 e. The van der Waals surface area contributed by atoms with Crippen LogP contribution in [0.5, 0.6) is 0 Å². The first-order valence-electron chi connectivity index (χ1n) is 2.08. The molecule has 9 heavy (non-hydrogen) atoms. The molecular formula is C3H8N3NaS2. The molecular weight excluding hydrogens is 165 g/mol. The van der Waals surface area contributed by atoms with E-state index in [2.05, 4.69) is 35.7 Å². The van der Waals surface area contributed by atoms with Crippen molar-refractivity contribution in [2.75, 3.05) is 14.1 Å². The smallest absolute Gasteiger partial charge is 0.408 e. The molecule has 0 heterocycles. The van der Waals surface area contributed by atoms with Crippen molar-refractivity contribution in [2.24, 2.45) is 0 Å². The van der Waals surface area contributed by atoms with Gasteiger partial charge in [-0.1, -0.05) is 0 Å². The van der Waals surface area contributed by atoms with Crippen molar-refractivity contribution in [3.8, 4) is 0 Å². The van der Waals surface area contributed by atoms with Crippen LogP contribution in [-0.4, -0.2) is 23.5 Å². The van der Waals surface area contributed by atoms with Crippen molar-refractivity contribution in [2.45, 2.75) is 0 Å². The summed E-state index contributed by atoms with van der Waals surface area (Å²) in [7, 11) is 3.46. The van der Waals surface area contributed by atoms with Crippen molar-refractivity contribution in [1.82, 2.24) is 16.0 Å². The van der Waals surface area contributed by atoms with Crippen LogP contribution in [0.1, 0.15) is 0 Å². The molecule has 0 atom stereocenters. The largest absolute Gasteiger partial charge is 1.00 e. The fourth-order valence-electron chi connectivity index (χ4n) is 0.294. The molecule has 0 fully saturated rings. The van der Waals surface area contributed by atoms with Gasteiger partial charge in [0.05, 0.1) is 0 Å². The zero-order valence-electron chi connectivity index (χ0n) is 5.76. The van der Waals surface area contributed by atoms with Crippen LogP contribution in [0.3, 0.4) is 0 Å². The molecule has 0 aliphatic rings. The number of nitrogens with one attached hydrogen (secondary N) is 2. The third-order valence-corrected chi connectivity index (χ3v) is 0.995. The minimum absolute atomic E-state index is 0. The molecule has 0 rings (SSSR count). The van der Waals surface area contributed by atoms with Crippen LogP contribution < -0.4 is 40.4 Å². The second kappa shape index (κ2) is 7.14. The van der Waals surface area contributed by atoms with Crippen LogP contribution in [0.4, 0.5) is 0 Å². The Morgan fingerprint density at radius 2 is 1.78 bits per heavy atom. The van der Waals surface area contributed by atoms with Crippen molar-refractivity contribution in [3.05, 3.63) is 0 Å². The molecule has 0 radical (unpaired) electrons. The zero-order chi connectivity index (χ0) is 6.57. The summed E-state index contributed by atoms with van der Waals surface area (Å²) in [6, 6.07) is 0. The first kappa shape index (κ1) is 12.7. The SMILES string of the molecule is CNN(NC)C(=S)[S-].[Na+]. The Morgan fingerprint density at radius 3 is 1.78 bits per heavy atom. The van der Waals surface area contributed by atoms with Crippen LogP contribution in [0, 0.1) is 0 Å². The van der Waals surface area contributed by atoms with Gasteiger partial charge >= 0.3 is 29.6 Å².